The van der Waals surface area contributed by atoms with Crippen LogP contribution in [0.1, 0.15) is 12.5 Å². The average Bonchev–Trinajstić information content (AvgIpc) is 2.26. The molecule has 0 N–H and O–H groups in total. The third kappa shape index (κ3) is 1.91. The van der Waals surface area contributed by atoms with E-state index in [1.54, 1.807) is 25.1 Å². The Kier molecular flexibility index (Phi) is 2.67. The van der Waals surface area contributed by atoms with E-state index in [0.29, 0.717) is 10.9 Å². The second-order valence-corrected chi connectivity index (χ2v) is 3.91. The highest BCUT2D eigenvalue weighted by Crippen LogP contribution is 2.12. The van der Waals surface area contributed by atoms with Crippen LogP contribution in [0.25, 0.3) is 11.0 Å². The standard InChI is InChI=1S/C12H11NO4/c1-7-4-3-5-9-10(7)17-12(16)13(11(9)15)6-8(2)14/h3-5H,6H2,1-2H3. The third-order valence-electron chi connectivity index (χ3n) is 2.48. The first-order valence-electron chi connectivity index (χ1n) is 5.13. The zero-order valence-corrected chi connectivity index (χ0v) is 9.52. The molecule has 1 heterocycles. The molecular formula is C12H11NO4. The van der Waals surface area contributed by atoms with E-state index < -0.39 is 11.3 Å². The van der Waals surface area contributed by atoms with Crippen molar-refractivity contribution in [2.75, 3.05) is 0 Å². The molecular weight excluding hydrogens is 222 g/mol. The van der Waals surface area contributed by atoms with Gasteiger partial charge in [0.2, 0.25) is 0 Å². The fourth-order valence-corrected chi connectivity index (χ4v) is 1.69. The summed E-state index contributed by atoms with van der Waals surface area (Å²) in [6.07, 6.45) is 0. The number of para-hydroxylation sites is 1. The maximum atomic E-state index is 12.0. The molecule has 0 aliphatic heterocycles. The second kappa shape index (κ2) is 4.01. The fourth-order valence-electron chi connectivity index (χ4n) is 1.69. The molecule has 88 valence electrons. The van der Waals surface area contributed by atoms with Crippen LogP contribution in [-0.2, 0) is 11.3 Å². The maximum Gasteiger partial charge on any atom is 0.422 e. The van der Waals surface area contributed by atoms with Crippen molar-refractivity contribution in [3.05, 3.63) is 44.7 Å². The number of aryl methyl sites for hydroxylation is 1. The largest absolute Gasteiger partial charge is 0.422 e. The SMILES string of the molecule is CC(=O)Cn1c(=O)oc2c(C)cccc2c1=O. The molecule has 0 aliphatic carbocycles. The molecule has 0 atom stereocenters. The van der Waals surface area contributed by atoms with Crippen LogP contribution in [0.2, 0.25) is 0 Å². The average molecular weight is 233 g/mol. The van der Waals surface area contributed by atoms with Gasteiger partial charge in [-0.1, -0.05) is 12.1 Å². The summed E-state index contributed by atoms with van der Waals surface area (Å²) in [5, 5.41) is 0.311. The van der Waals surface area contributed by atoms with Gasteiger partial charge in [0.05, 0.1) is 11.9 Å². The molecule has 0 spiro atoms. The number of carbonyl (C=O) groups excluding carboxylic acids is 1. The molecule has 17 heavy (non-hydrogen) atoms. The molecule has 0 bridgehead atoms. The van der Waals surface area contributed by atoms with E-state index in [-0.39, 0.29) is 17.9 Å². The van der Waals surface area contributed by atoms with Crippen LogP contribution in [0.4, 0.5) is 0 Å². The Hall–Kier alpha value is -2.17. The predicted octanol–water partition coefficient (Wildman–Crippen LogP) is 0.852. The summed E-state index contributed by atoms with van der Waals surface area (Å²) in [7, 11) is 0. The lowest BCUT2D eigenvalue weighted by atomic mass is 10.2. The van der Waals surface area contributed by atoms with Crippen LogP contribution in [0, 0.1) is 6.92 Å². The van der Waals surface area contributed by atoms with Crippen molar-refractivity contribution in [1.29, 1.82) is 0 Å². The molecule has 0 amide bonds. The van der Waals surface area contributed by atoms with Crippen molar-refractivity contribution >= 4 is 16.8 Å². The number of benzene rings is 1. The Morgan fingerprint density at radius 2 is 2.06 bits per heavy atom. The van der Waals surface area contributed by atoms with E-state index in [4.69, 9.17) is 4.42 Å². The highest BCUT2D eigenvalue weighted by Gasteiger charge is 2.11. The van der Waals surface area contributed by atoms with Crippen molar-refractivity contribution in [3.63, 3.8) is 0 Å². The summed E-state index contributed by atoms with van der Waals surface area (Å²) >= 11 is 0. The highest BCUT2D eigenvalue weighted by atomic mass is 16.4. The van der Waals surface area contributed by atoms with Gasteiger partial charge in [-0.05, 0) is 25.5 Å². The molecule has 0 saturated heterocycles. The van der Waals surface area contributed by atoms with Gasteiger partial charge in [-0.25, -0.2) is 9.36 Å². The van der Waals surface area contributed by atoms with Gasteiger partial charge in [0.1, 0.15) is 11.4 Å². The van der Waals surface area contributed by atoms with Crippen LogP contribution in [0.3, 0.4) is 0 Å². The molecule has 0 radical (unpaired) electrons. The van der Waals surface area contributed by atoms with Crippen LogP contribution in [0.5, 0.6) is 0 Å². The Morgan fingerprint density at radius 3 is 2.71 bits per heavy atom. The predicted molar refractivity (Wildman–Crippen MR) is 62.2 cm³/mol. The van der Waals surface area contributed by atoms with Gasteiger partial charge in [-0.2, -0.15) is 0 Å². The summed E-state index contributed by atoms with van der Waals surface area (Å²) in [6, 6.07) is 5.03. The summed E-state index contributed by atoms with van der Waals surface area (Å²) in [5.41, 5.74) is 0.504. The van der Waals surface area contributed by atoms with E-state index in [1.165, 1.54) is 6.92 Å². The lowest BCUT2D eigenvalue weighted by Gasteiger charge is -2.04. The molecule has 2 aromatic rings. The van der Waals surface area contributed by atoms with Gasteiger partial charge < -0.3 is 4.42 Å². The van der Waals surface area contributed by atoms with Gasteiger partial charge in [-0.15, -0.1) is 0 Å². The van der Waals surface area contributed by atoms with Crippen molar-refractivity contribution in [2.24, 2.45) is 0 Å². The smallest absolute Gasteiger partial charge is 0.409 e. The van der Waals surface area contributed by atoms with Crippen molar-refractivity contribution in [2.45, 2.75) is 20.4 Å². The maximum absolute atomic E-state index is 12.0. The lowest BCUT2D eigenvalue weighted by Crippen LogP contribution is -2.34. The molecule has 2 rings (SSSR count). The van der Waals surface area contributed by atoms with Crippen LogP contribution >= 0.6 is 0 Å². The lowest BCUT2D eigenvalue weighted by molar-refractivity contribution is -0.117. The molecule has 1 aromatic carbocycles. The van der Waals surface area contributed by atoms with E-state index in [1.807, 2.05) is 0 Å². The first-order chi connectivity index (χ1) is 8.00. The van der Waals surface area contributed by atoms with Gasteiger partial charge in [0.25, 0.3) is 5.56 Å². The Bertz CT molecular complexity index is 708. The van der Waals surface area contributed by atoms with Crippen LogP contribution < -0.4 is 11.3 Å². The quantitative estimate of drug-likeness (QED) is 0.771. The summed E-state index contributed by atoms with van der Waals surface area (Å²) in [5.74, 6) is -1.07. The van der Waals surface area contributed by atoms with E-state index in [9.17, 15) is 14.4 Å². The topological polar surface area (TPSA) is 69.3 Å². The second-order valence-electron chi connectivity index (χ2n) is 3.91. The minimum absolute atomic E-state index is 0.259. The first kappa shape index (κ1) is 11.3. The minimum Gasteiger partial charge on any atom is -0.409 e. The number of nitrogens with zero attached hydrogens (tertiary/aromatic N) is 1. The zero-order chi connectivity index (χ0) is 12.6. The number of Topliss-reactive ketones (excluding diaryl/α,β-unsaturated/α-hetero) is 1. The number of hydrogen-bond donors (Lipinski definition) is 0. The first-order valence-corrected chi connectivity index (χ1v) is 5.13. The number of fused-ring (bicyclic) bond motifs is 1. The molecule has 0 fully saturated rings. The van der Waals surface area contributed by atoms with Crippen LogP contribution in [0.15, 0.2) is 32.2 Å². The zero-order valence-electron chi connectivity index (χ0n) is 9.52. The van der Waals surface area contributed by atoms with Crippen molar-refractivity contribution in [1.82, 2.24) is 4.57 Å². The van der Waals surface area contributed by atoms with Gasteiger partial charge in [-0.3, -0.25) is 9.59 Å². The fraction of sp³-hybridized carbons (Fsp3) is 0.250. The monoisotopic (exact) mass is 233 g/mol. The molecule has 0 aliphatic rings. The Morgan fingerprint density at radius 1 is 1.35 bits per heavy atom. The van der Waals surface area contributed by atoms with Crippen molar-refractivity contribution in [3.8, 4) is 0 Å². The Labute approximate surface area is 96.3 Å². The van der Waals surface area contributed by atoms with Gasteiger partial charge >= 0.3 is 5.76 Å². The molecule has 0 unspecified atom stereocenters. The summed E-state index contributed by atoms with van der Waals surface area (Å²) in [6.45, 7) is 2.80. The summed E-state index contributed by atoms with van der Waals surface area (Å²) in [4.78, 5) is 34.6. The van der Waals surface area contributed by atoms with Gasteiger partial charge in [0.15, 0.2) is 0 Å². The van der Waals surface area contributed by atoms with E-state index in [0.717, 1.165) is 4.57 Å². The molecule has 1 aromatic heterocycles. The third-order valence-corrected chi connectivity index (χ3v) is 2.48. The molecule has 5 heteroatoms. The molecule has 5 nitrogen and oxygen atoms in total. The number of aromatic nitrogens is 1. The normalized spacial score (nSPS) is 10.7. The van der Waals surface area contributed by atoms with E-state index in [2.05, 4.69) is 0 Å². The number of carbonyl (C=O) groups is 1. The van der Waals surface area contributed by atoms with Crippen molar-refractivity contribution < 1.29 is 9.21 Å². The number of rotatable bonds is 2. The number of ketones is 1. The molecule has 0 saturated carbocycles. The van der Waals surface area contributed by atoms with Crippen LogP contribution in [-0.4, -0.2) is 10.4 Å². The Balaban J connectivity index is 2.86. The van der Waals surface area contributed by atoms with Gasteiger partial charge in [0, 0.05) is 0 Å². The number of hydrogen-bond acceptors (Lipinski definition) is 4. The highest BCUT2D eigenvalue weighted by molar-refractivity contribution is 5.79. The van der Waals surface area contributed by atoms with E-state index >= 15 is 0 Å². The summed E-state index contributed by atoms with van der Waals surface area (Å²) < 4.78 is 5.87. The minimum atomic E-state index is -0.799.